The maximum Gasteiger partial charge on any atom is 0.263 e. The topological polar surface area (TPSA) is 73.2 Å². The minimum Gasteiger partial charge on any atom is -0.497 e. The molecule has 2 aliphatic carbocycles. The van der Waals surface area contributed by atoms with E-state index in [4.69, 9.17) is 9.72 Å². The third-order valence-corrected chi connectivity index (χ3v) is 8.85. The molecule has 1 fully saturated rings. The molecular weight excluding hydrogens is 506 g/mol. The van der Waals surface area contributed by atoms with Gasteiger partial charge >= 0.3 is 0 Å². The highest BCUT2D eigenvalue weighted by Crippen LogP contribution is 2.50. The van der Waals surface area contributed by atoms with Crippen LogP contribution in [0.25, 0.3) is 16.9 Å². The molecule has 1 heterocycles. The van der Waals surface area contributed by atoms with E-state index in [2.05, 4.69) is 23.5 Å². The second-order valence-electron chi connectivity index (χ2n) is 10.5. The number of nitrogens with zero attached hydrogens (tertiary/aromatic N) is 2. The van der Waals surface area contributed by atoms with E-state index in [-0.39, 0.29) is 22.6 Å². The molecule has 6 nitrogen and oxygen atoms in total. The van der Waals surface area contributed by atoms with Crippen molar-refractivity contribution in [2.45, 2.75) is 49.6 Å². The first kappa shape index (κ1) is 25.4. The lowest BCUT2D eigenvalue weighted by Gasteiger charge is -2.36. The summed E-state index contributed by atoms with van der Waals surface area (Å²) in [6, 6.07) is 23.5. The average molecular weight is 538 g/mol. The average Bonchev–Trinajstić information content (AvgIpc) is 3.40. The van der Waals surface area contributed by atoms with E-state index in [9.17, 15) is 9.59 Å². The quantitative estimate of drug-likeness (QED) is 0.230. The fourth-order valence-electron chi connectivity index (χ4n) is 6.12. The Morgan fingerprint density at radius 1 is 1.05 bits per heavy atom. The zero-order chi connectivity index (χ0) is 27.0. The molecule has 0 unspecified atom stereocenters. The predicted molar refractivity (Wildman–Crippen MR) is 156 cm³/mol. The Morgan fingerprint density at radius 3 is 2.56 bits per heavy atom. The summed E-state index contributed by atoms with van der Waals surface area (Å²) < 4.78 is 7.05. The van der Waals surface area contributed by atoms with Gasteiger partial charge in [0.25, 0.3) is 5.56 Å². The zero-order valence-electron chi connectivity index (χ0n) is 22.2. The molecule has 2 aliphatic rings. The van der Waals surface area contributed by atoms with E-state index in [1.54, 1.807) is 11.7 Å². The Bertz CT molecular complexity index is 1600. The van der Waals surface area contributed by atoms with Gasteiger partial charge in [-0.25, -0.2) is 4.98 Å². The first-order valence-electron chi connectivity index (χ1n) is 13.4. The zero-order valence-corrected chi connectivity index (χ0v) is 23.0. The Morgan fingerprint density at radius 2 is 1.82 bits per heavy atom. The molecule has 39 heavy (non-hydrogen) atoms. The third kappa shape index (κ3) is 4.76. The SMILES string of the molecule is COc1ccc(-n2c(SCC(=O)Nc3cccc(C)c3)nc3c(c2=O)C2(CCCC2)Cc2ccccc2-3)cc1. The molecule has 1 saturated carbocycles. The number of amides is 1. The summed E-state index contributed by atoms with van der Waals surface area (Å²) in [6.07, 6.45) is 5.05. The number of benzene rings is 3. The van der Waals surface area contributed by atoms with Gasteiger partial charge in [0.15, 0.2) is 5.16 Å². The molecule has 1 spiro atoms. The number of hydrogen-bond acceptors (Lipinski definition) is 5. The summed E-state index contributed by atoms with van der Waals surface area (Å²) in [4.78, 5) is 32.6. The van der Waals surface area contributed by atoms with Gasteiger partial charge in [-0.1, -0.05) is 61.0 Å². The molecule has 7 heteroatoms. The maximum absolute atomic E-state index is 14.5. The van der Waals surface area contributed by atoms with Crippen molar-refractivity contribution >= 4 is 23.4 Å². The summed E-state index contributed by atoms with van der Waals surface area (Å²) >= 11 is 1.28. The highest BCUT2D eigenvalue weighted by molar-refractivity contribution is 7.99. The van der Waals surface area contributed by atoms with Crippen LogP contribution in [0, 0.1) is 6.92 Å². The van der Waals surface area contributed by atoms with Gasteiger partial charge in [0.1, 0.15) is 5.75 Å². The van der Waals surface area contributed by atoms with Crippen LogP contribution in [0.5, 0.6) is 5.75 Å². The normalized spacial score (nSPS) is 15.0. The van der Waals surface area contributed by atoms with Crippen molar-refractivity contribution < 1.29 is 9.53 Å². The molecule has 4 aromatic rings. The van der Waals surface area contributed by atoms with Crippen LogP contribution < -0.4 is 15.6 Å². The van der Waals surface area contributed by atoms with Crippen molar-refractivity contribution in [2.24, 2.45) is 0 Å². The Labute approximate surface area is 232 Å². The van der Waals surface area contributed by atoms with Crippen LogP contribution in [0.3, 0.4) is 0 Å². The Balaban J connectivity index is 1.46. The van der Waals surface area contributed by atoms with Crippen LogP contribution in [-0.4, -0.2) is 28.3 Å². The van der Waals surface area contributed by atoms with Crippen LogP contribution in [0.15, 0.2) is 82.7 Å². The van der Waals surface area contributed by atoms with E-state index in [1.165, 1.54) is 17.3 Å². The van der Waals surface area contributed by atoms with E-state index in [0.29, 0.717) is 16.6 Å². The first-order valence-corrected chi connectivity index (χ1v) is 14.4. The molecule has 6 rings (SSSR count). The summed E-state index contributed by atoms with van der Waals surface area (Å²) in [5.74, 6) is 0.694. The number of nitrogens with one attached hydrogen (secondary N) is 1. The van der Waals surface area contributed by atoms with E-state index in [1.807, 2.05) is 61.5 Å². The fourth-order valence-corrected chi connectivity index (χ4v) is 6.92. The predicted octanol–water partition coefficient (Wildman–Crippen LogP) is 6.32. The minimum absolute atomic E-state index is 0.0387. The standard InChI is InChI=1S/C32H31N3O3S/c1-21-8-7-10-23(18-21)33-27(36)20-39-31-34-29-26-11-4-3-9-22(26)19-32(16-5-6-17-32)28(29)30(37)35(31)24-12-14-25(38-2)15-13-24/h3-4,7-15,18H,5-6,16-17,19-20H2,1-2H3,(H,33,36). The number of fused-ring (bicyclic) bond motifs is 4. The van der Waals surface area contributed by atoms with Gasteiger partial charge in [-0.2, -0.15) is 0 Å². The molecular formula is C32H31N3O3S. The lowest BCUT2D eigenvalue weighted by Crippen LogP contribution is -2.40. The van der Waals surface area contributed by atoms with E-state index >= 15 is 0 Å². The third-order valence-electron chi connectivity index (χ3n) is 7.91. The van der Waals surface area contributed by atoms with Crippen LogP contribution in [0.4, 0.5) is 5.69 Å². The highest BCUT2D eigenvalue weighted by atomic mass is 32.2. The molecule has 0 bridgehead atoms. The molecule has 3 aromatic carbocycles. The monoisotopic (exact) mass is 537 g/mol. The summed E-state index contributed by atoms with van der Waals surface area (Å²) in [5.41, 5.74) is 6.16. The molecule has 0 aliphatic heterocycles. The lowest BCUT2D eigenvalue weighted by atomic mass is 9.68. The van der Waals surface area contributed by atoms with E-state index < -0.39 is 0 Å². The van der Waals surface area contributed by atoms with E-state index in [0.717, 1.165) is 60.2 Å². The number of rotatable bonds is 6. The van der Waals surface area contributed by atoms with Gasteiger partial charge in [-0.15, -0.1) is 0 Å². The summed E-state index contributed by atoms with van der Waals surface area (Å²) in [7, 11) is 1.62. The molecule has 0 radical (unpaired) electrons. The van der Waals surface area contributed by atoms with Crippen LogP contribution in [0.2, 0.25) is 0 Å². The number of hydrogen-bond donors (Lipinski definition) is 1. The van der Waals surface area contributed by atoms with Crippen LogP contribution in [0.1, 0.15) is 42.4 Å². The second-order valence-corrected chi connectivity index (χ2v) is 11.4. The Kier molecular flexibility index (Phi) is 6.77. The van der Waals surface area contributed by atoms with Gasteiger partial charge < -0.3 is 10.1 Å². The number of thioether (sulfide) groups is 1. The van der Waals surface area contributed by atoms with Crippen molar-refractivity contribution in [2.75, 3.05) is 18.2 Å². The number of methoxy groups -OCH3 is 1. The van der Waals surface area contributed by atoms with Gasteiger partial charge in [-0.3, -0.25) is 14.2 Å². The first-order chi connectivity index (χ1) is 19.0. The van der Waals surface area contributed by atoms with Crippen molar-refractivity contribution in [1.82, 2.24) is 9.55 Å². The maximum atomic E-state index is 14.5. The van der Waals surface area contributed by atoms with Gasteiger partial charge in [-0.05, 0) is 73.7 Å². The smallest absolute Gasteiger partial charge is 0.263 e. The fraction of sp³-hybridized carbons (Fsp3) is 0.281. The summed E-state index contributed by atoms with van der Waals surface area (Å²) in [5, 5.41) is 3.48. The molecule has 1 N–H and O–H groups in total. The largest absolute Gasteiger partial charge is 0.497 e. The number of aromatic nitrogens is 2. The van der Waals surface area contributed by atoms with Gasteiger partial charge in [0.2, 0.25) is 5.91 Å². The number of aryl methyl sites for hydroxylation is 1. The van der Waals surface area contributed by atoms with Crippen molar-refractivity contribution in [3.63, 3.8) is 0 Å². The van der Waals surface area contributed by atoms with Crippen LogP contribution >= 0.6 is 11.8 Å². The van der Waals surface area contributed by atoms with Crippen LogP contribution in [-0.2, 0) is 16.6 Å². The number of carbonyl (C=O) groups is 1. The summed E-state index contributed by atoms with van der Waals surface area (Å²) in [6.45, 7) is 1.99. The molecule has 1 aromatic heterocycles. The number of anilines is 1. The van der Waals surface area contributed by atoms with Gasteiger partial charge in [0, 0.05) is 16.7 Å². The molecule has 198 valence electrons. The molecule has 1 amide bonds. The van der Waals surface area contributed by atoms with Gasteiger partial charge in [0.05, 0.1) is 29.8 Å². The van der Waals surface area contributed by atoms with Crippen molar-refractivity contribution in [1.29, 1.82) is 0 Å². The number of carbonyl (C=O) groups excluding carboxylic acids is 1. The second kappa shape index (κ2) is 10.4. The highest BCUT2D eigenvalue weighted by Gasteiger charge is 2.44. The lowest BCUT2D eigenvalue weighted by molar-refractivity contribution is -0.113. The van der Waals surface area contributed by atoms with Crippen molar-refractivity contribution in [3.05, 3.63) is 99.8 Å². The number of ether oxygens (including phenoxy) is 1. The molecule has 0 saturated heterocycles. The molecule has 0 atom stereocenters. The van der Waals surface area contributed by atoms with Crippen molar-refractivity contribution in [3.8, 4) is 22.7 Å². The minimum atomic E-state index is -0.201. The Hall–Kier alpha value is -3.84.